The van der Waals surface area contributed by atoms with Crippen molar-refractivity contribution < 1.29 is 13.9 Å². The topological polar surface area (TPSA) is 65.2 Å². The van der Waals surface area contributed by atoms with Crippen LogP contribution in [0.2, 0.25) is 0 Å². The van der Waals surface area contributed by atoms with Crippen molar-refractivity contribution in [2.75, 3.05) is 0 Å². The maximum Gasteiger partial charge on any atom is 0.349 e. The van der Waals surface area contributed by atoms with Crippen molar-refractivity contribution >= 4 is 28.6 Å². The lowest BCUT2D eigenvalue weighted by molar-refractivity contribution is 0.0286. The zero-order valence-corrected chi connectivity index (χ0v) is 13.0. The summed E-state index contributed by atoms with van der Waals surface area (Å²) in [4.78, 5) is 14.5. The van der Waals surface area contributed by atoms with Crippen LogP contribution >= 0.6 is 22.7 Å². The van der Waals surface area contributed by atoms with Crippen molar-refractivity contribution in [3.05, 3.63) is 45.3 Å². The van der Waals surface area contributed by atoms with Gasteiger partial charge in [-0.25, -0.2) is 4.79 Å². The molecule has 1 unspecified atom stereocenters. The maximum absolute atomic E-state index is 12.0. The van der Waals surface area contributed by atoms with Crippen LogP contribution in [0.5, 0.6) is 0 Å². The molecule has 21 heavy (non-hydrogen) atoms. The van der Waals surface area contributed by atoms with Crippen LogP contribution in [0, 0.1) is 6.92 Å². The van der Waals surface area contributed by atoms with Gasteiger partial charge in [-0.05, 0) is 37.4 Å². The van der Waals surface area contributed by atoms with Gasteiger partial charge in [-0.1, -0.05) is 6.07 Å². The third-order valence-electron chi connectivity index (χ3n) is 2.75. The normalized spacial score (nSPS) is 12.3. The number of rotatable bonds is 4. The number of ether oxygens (including phenoxy) is 1. The van der Waals surface area contributed by atoms with Crippen LogP contribution in [0.15, 0.2) is 34.1 Å². The van der Waals surface area contributed by atoms with Crippen molar-refractivity contribution in [1.29, 1.82) is 0 Å². The second-order valence-electron chi connectivity index (χ2n) is 4.38. The monoisotopic (exact) mass is 320 g/mol. The first-order chi connectivity index (χ1) is 10.1. The van der Waals surface area contributed by atoms with Crippen molar-refractivity contribution in [1.82, 2.24) is 10.2 Å². The summed E-state index contributed by atoms with van der Waals surface area (Å²) in [6.45, 7) is 3.65. The molecule has 0 bridgehead atoms. The zero-order valence-electron chi connectivity index (χ0n) is 11.4. The molecule has 1 atom stereocenters. The third kappa shape index (κ3) is 3.03. The lowest BCUT2D eigenvalue weighted by atomic mass is 10.4. The highest BCUT2D eigenvalue weighted by Crippen LogP contribution is 2.26. The van der Waals surface area contributed by atoms with E-state index in [0.29, 0.717) is 16.7 Å². The zero-order chi connectivity index (χ0) is 14.8. The molecule has 0 aromatic carbocycles. The van der Waals surface area contributed by atoms with Gasteiger partial charge in [0, 0.05) is 4.88 Å². The Morgan fingerprint density at radius 2 is 2.19 bits per heavy atom. The van der Waals surface area contributed by atoms with Crippen molar-refractivity contribution in [3.63, 3.8) is 0 Å². The average molecular weight is 320 g/mol. The minimum absolute atomic E-state index is 0.292. The van der Waals surface area contributed by atoms with Gasteiger partial charge in [-0.2, -0.15) is 0 Å². The summed E-state index contributed by atoms with van der Waals surface area (Å²) < 4.78 is 10.9. The Bertz CT molecular complexity index is 746. The lowest BCUT2D eigenvalue weighted by Crippen LogP contribution is -2.08. The van der Waals surface area contributed by atoms with Crippen LogP contribution < -0.4 is 0 Å². The fraction of sp³-hybridized carbons (Fsp3) is 0.214. The van der Waals surface area contributed by atoms with E-state index < -0.39 is 6.10 Å². The molecule has 0 saturated heterocycles. The standard InChI is InChI=1S/C14H12N2O3S2/c1-8-5-6-11(21-8)14(17)18-9(2)12-15-16-13(19-12)10-4-3-7-20-10/h3-7,9H,1-2H3. The van der Waals surface area contributed by atoms with Gasteiger partial charge in [-0.15, -0.1) is 32.9 Å². The van der Waals surface area contributed by atoms with Gasteiger partial charge in [0.2, 0.25) is 0 Å². The van der Waals surface area contributed by atoms with E-state index in [0.717, 1.165) is 9.75 Å². The number of thiophene rings is 2. The Morgan fingerprint density at radius 3 is 2.86 bits per heavy atom. The second-order valence-corrected chi connectivity index (χ2v) is 6.62. The molecule has 7 heteroatoms. The molecule has 5 nitrogen and oxygen atoms in total. The van der Waals surface area contributed by atoms with Crippen LogP contribution in [0.1, 0.15) is 33.5 Å². The predicted octanol–water partition coefficient (Wildman–Crippen LogP) is 4.09. The third-order valence-corrected chi connectivity index (χ3v) is 4.58. The van der Waals surface area contributed by atoms with Gasteiger partial charge in [0.15, 0.2) is 6.10 Å². The van der Waals surface area contributed by atoms with Gasteiger partial charge < -0.3 is 9.15 Å². The Balaban J connectivity index is 1.71. The molecule has 0 aliphatic carbocycles. The van der Waals surface area contributed by atoms with Gasteiger partial charge in [0.1, 0.15) is 4.88 Å². The number of esters is 1. The number of carbonyl (C=O) groups is 1. The molecular weight excluding hydrogens is 308 g/mol. The predicted molar refractivity (Wildman–Crippen MR) is 80.5 cm³/mol. The Kier molecular flexibility index (Phi) is 3.85. The number of aromatic nitrogens is 2. The van der Waals surface area contributed by atoms with Crippen LogP contribution in [0.3, 0.4) is 0 Å². The number of hydrogen-bond donors (Lipinski definition) is 0. The van der Waals surface area contributed by atoms with Gasteiger partial charge in [-0.3, -0.25) is 0 Å². The summed E-state index contributed by atoms with van der Waals surface area (Å²) in [5, 5.41) is 9.84. The molecule has 0 aliphatic rings. The molecule has 108 valence electrons. The Hall–Kier alpha value is -1.99. The first-order valence-electron chi connectivity index (χ1n) is 6.28. The largest absolute Gasteiger partial charge is 0.448 e. The van der Waals surface area contributed by atoms with Gasteiger partial charge >= 0.3 is 5.97 Å². The number of carbonyl (C=O) groups excluding carboxylic acids is 1. The molecule has 0 radical (unpaired) electrons. The SMILES string of the molecule is Cc1ccc(C(=O)OC(C)c2nnc(-c3cccs3)o2)s1. The smallest absolute Gasteiger partial charge is 0.349 e. The molecule has 3 aromatic rings. The fourth-order valence-corrected chi connectivity index (χ4v) is 3.11. The minimum Gasteiger partial charge on any atom is -0.448 e. The highest BCUT2D eigenvalue weighted by molar-refractivity contribution is 7.14. The minimum atomic E-state index is -0.582. The first kappa shape index (κ1) is 14.0. The second kappa shape index (κ2) is 5.79. The van der Waals surface area contributed by atoms with E-state index in [9.17, 15) is 4.79 Å². The highest BCUT2D eigenvalue weighted by Gasteiger charge is 2.20. The Labute approximate surface area is 129 Å². The van der Waals surface area contributed by atoms with Crippen LogP contribution in [-0.4, -0.2) is 16.2 Å². The van der Waals surface area contributed by atoms with Crippen LogP contribution in [-0.2, 0) is 4.74 Å². The molecule has 3 rings (SSSR count). The first-order valence-corrected chi connectivity index (χ1v) is 7.98. The average Bonchev–Trinajstić information content (AvgIpc) is 3.19. The van der Waals surface area contributed by atoms with Crippen molar-refractivity contribution in [3.8, 4) is 10.8 Å². The molecule has 3 heterocycles. The van der Waals surface area contributed by atoms with E-state index in [1.54, 1.807) is 13.0 Å². The van der Waals surface area contributed by atoms with E-state index in [1.165, 1.54) is 22.7 Å². The van der Waals surface area contributed by atoms with E-state index in [4.69, 9.17) is 9.15 Å². The molecule has 0 spiro atoms. The Morgan fingerprint density at radius 1 is 1.33 bits per heavy atom. The van der Waals surface area contributed by atoms with E-state index in [2.05, 4.69) is 10.2 Å². The molecule has 0 aliphatic heterocycles. The number of hydrogen-bond acceptors (Lipinski definition) is 7. The van der Waals surface area contributed by atoms with E-state index in [-0.39, 0.29) is 5.97 Å². The fourth-order valence-electron chi connectivity index (χ4n) is 1.71. The summed E-state index contributed by atoms with van der Waals surface area (Å²) in [5.74, 6) is 0.353. The van der Waals surface area contributed by atoms with Crippen LogP contribution in [0.4, 0.5) is 0 Å². The molecule has 3 aromatic heterocycles. The summed E-state index contributed by atoms with van der Waals surface area (Å²) in [5.41, 5.74) is 0. The number of nitrogens with zero attached hydrogens (tertiary/aromatic N) is 2. The lowest BCUT2D eigenvalue weighted by Gasteiger charge is -2.07. The quantitative estimate of drug-likeness (QED) is 0.678. The van der Waals surface area contributed by atoms with Crippen molar-refractivity contribution in [2.45, 2.75) is 20.0 Å². The molecule has 0 fully saturated rings. The van der Waals surface area contributed by atoms with Crippen molar-refractivity contribution in [2.24, 2.45) is 0 Å². The highest BCUT2D eigenvalue weighted by atomic mass is 32.1. The molecule has 0 N–H and O–H groups in total. The summed E-state index contributed by atoms with van der Waals surface area (Å²) in [6.07, 6.45) is -0.582. The number of aryl methyl sites for hydroxylation is 1. The maximum atomic E-state index is 12.0. The van der Waals surface area contributed by atoms with Crippen LogP contribution in [0.25, 0.3) is 10.8 Å². The molecular formula is C14H12N2O3S2. The summed E-state index contributed by atoms with van der Waals surface area (Å²) in [6, 6.07) is 7.44. The molecule has 0 amide bonds. The summed E-state index contributed by atoms with van der Waals surface area (Å²) >= 11 is 2.91. The summed E-state index contributed by atoms with van der Waals surface area (Å²) in [7, 11) is 0. The van der Waals surface area contributed by atoms with E-state index in [1.807, 2.05) is 30.5 Å². The van der Waals surface area contributed by atoms with Gasteiger partial charge in [0.05, 0.1) is 4.88 Å². The molecule has 0 saturated carbocycles. The van der Waals surface area contributed by atoms with E-state index >= 15 is 0 Å². The van der Waals surface area contributed by atoms with Gasteiger partial charge in [0.25, 0.3) is 11.8 Å².